The molecule has 2 aromatic rings. The van der Waals surface area contributed by atoms with Crippen molar-refractivity contribution >= 4 is 55.8 Å². The zero-order valence-corrected chi connectivity index (χ0v) is 12.5. The van der Waals surface area contributed by atoms with Crippen LogP contribution in [0.15, 0.2) is 39.2 Å². The molecular weight excluding hydrogens is 354 g/mol. The van der Waals surface area contributed by atoms with Gasteiger partial charge in [-0.2, -0.15) is 5.10 Å². The maximum atomic E-state index is 10.5. The fourth-order valence-corrected chi connectivity index (χ4v) is 2.35. The van der Waals surface area contributed by atoms with Gasteiger partial charge in [0.05, 0.1) is 21.8 Å². The van der Waals surface area contributed by atoms with Crippen molar-refractivity contribution in [2.45, 2.75) is 0 Å². The van der Waals surface area contributed by atoms with Crippen molar-refractivity contribution in [2.24, 2.45) is 5.10 Å². The minimum Gasteiger partial charge on any atom is -0.278 e. The first-order valence-electron chi connectivity index (χ1n) is 5.03. The van der Waals surface area contributed by atoms with Gasteiger partial charge in [0, 0.05) is 21.5 Å². The van der Waals surface area contributed by atoms with E-state index in [2.05, 4.69) is 26.5 Å². The minimum atomic E-state index is -0.427. The third-order valence-corrected chi connectivity index (χ3v) is 4.24. The number of benzene rings is 1. The second-order valence-electron chi connectivity index (χ2n) is 3.47. The van der Waals surface area contributed by atoms with E-state index in [0.717, 1.165) is 21.5 Å². The third kappa shape index (κ3) is 3.76. The van der Waals surface area contributed by atoms with Gasteiger partial charge in [0.2, 0.25) is 0 Å². The van der Waals surface area contributed by atoms with E-state index in [0.29, 0.717) is 10.6 Å². The molecule has 1 aromatic carbocycles. The van der Waals surface area contributed by atoms with Gasteiger partial charge in [0.25, 0.3) is 0 Å². The van der Waals surface area contributed by atoms with E-state index in [-0.39, 0.29) is 5.00 Å². The zero-order valence-electron chi connectivity index (χ0n) is 9.34. The lowest BCUT2D eigenvalue weighted by molar-refractivity contribution is -0.380. The summed E-state index contributed by atoms with van der Waals surface area (Å²) in [4.78, 5) is 10.1. The summed E-state index contributed by atoms with van der Waals surface area (Å²) in [5.41, 5.74) is 4.20. The zero-order chi connectivity index (χ0) is 13.8. The van der Waals surface area contributed by atoms with Crippen LogP contribution in [0.5, 0.6) is 0 Å². The van der Waals surface area contributed by atoms with Crippen molar-refractivity contribution < 1.29 is 4.92 Å². The number of anilines is 1. The molecule has 2 rings (SSSR count). The molecule has 0 amide bonds. The summed E-state index contributed by atoms with van der Waals surface area (Å²) >= 11 is 10.3. The Bertz CT molecular complexity index is 645. The van der Waals surface area contributed by atoms with Crippen molar-refractivity contribution in [3.05, 3.63) is 54.8 Å². The standard InChI is InChI=1S/C11H7BrClN3O2S/c12-9-2-1-8(4-10(9)13)15-14-5-7-3-11(16(17)18)19-6-7/h1-6,15H/b14-5+. The molecule has 0 fully saturated rings. The fraction of sp³-hybridized carbons (Fsp3) is 0. The summed E-state index contributed by atoms with van der Waals surface area (Å²) in [5, 5.41) is 16.8. The Morgan fingerprint density at radius 3 is 2.89 bits per heavy atom. The van der Waals surface area contributed by atoms with E-state index < -0.39 is 4.92 Å². The van der Waals surface area contributed by atoms with E-state index in [4.69, 9.17) is 11.6 Å². The van der Waals surface area contributed by atoms with E-state index >= 15 is 0 Å². The topological polar surface area (TPSA) is 67.5 Å². The molecule has 5 nitrogen and oxygen atoms in total. The molecule has 8 heteroatoms. The summed E-state index contributed by atoms with van der Waals surface area (Å²) in [6.45, 7) is 0. The second-order valence-corrected chi connectivity index (χ2v) is 5.63. The Morgan fingerprint density at radius 1 is 1.47 bits per heavy atom. The number of hydrogen-bond donors (Lipinski definition) is 1. The highest BCUT2D eigenvalue weighted by molar-refractivity contribution is 9.10. The summed E-state index contributed by atoms with van der Waals surface area (Å²) in [6.07, 6.45) is 1.51. The Morgan fingerprint density at radius 2 is 2.26 bits per heavy atom. The maximum absolute atomic E-state index is 10.5. The van der Waals surface area contributed by atoms with Crippen LogP contribution in [0.1, 0.15) is 5.56 Å². The highest BCUT2D eigenvalue weighted by Gasteiger charge is 2.07. The molecule has 0 aliphatic rings. The number of hydrazone groups is 1. The van der Waals surface area contributed by atoms with Gasteiger partial charge in [-0.15, -0.1) is 0 Å². The molecule has 0 spiro atoms. The lowest BCUT2D eigenvalue weighted by Crippen LogP contribution is -1.89. The average Bonchev–Trinajstić information content (AvgIpc) is 2.83. The summed E-state index contributed by atoms with van der Waals surface area (Å²) in [7, 11) is 0. The number of nitro groups is 1. The van der Waals surface area contributed by atoms with Crippen LogP contribution in [0.25, 0.3) is 0 Å². The molecule has 0 unspecified atom stereocenters. The molecule has 1 N–H and O–H groups in total. The van der Waals surface area contributed by atoms with Crippen molar-refractivity contribution in [3.63, 3.8) is 0 Å². The van der Waals surface area contributed by atoms with Crippen LogP contribution in [-0.4, -0.2) is 11.1 Å². The molecule has 0 aliphatic carbocycles. The van der Waals surface area contributed by atoms with Crippen LogP contribution >= 0.6 is 38.9 Å². The molecule has 19 heavy (non-hydrogen) atoms. The van der Waals surface area contributed by atoms with Crippen LogP contribution in [0.2, 0.25) is 5.02 Å². The molecule has 0 saturated carbocycles. The third-order valence-electron chi connectivity index (χ3n) is 2.11. The van der Waals surface area contributed by atoms with Crippen LogP contribution < -0.4 is 5.43 Å². The maximum Gasteiger partial charge on any atom is 0.324 e. The SMILES string of the molecule is O=[N+]([O-])c1cc(/C=N/Nc2ccc(Br)c(Cl)c2)cs1. The normalized spacial score (nSPS) is 10.8. The van der Waals surface area contributed by atoms with Crippen molar-refractivity contribution in [2.75, 3.05) is 5.43 Å². The number of halogens is 2. The molecule has 1 aromatic heterocycles. The summed E-state index contributed by atoms with van der Waals surface area (Å²) in [6, 6.07) is 6.79. The van der Waals surface area contributed by atoms with Gasteiger partial charge < -0.3 is 0 Å². The molecule has 0 saturated heterocycles. The smallest absolute Gasteiger partial charge is 0.278 e. The van der Waals surface area contributed by atoms with Crippen molar-refractivity contribution in [1.82, 2.24) is 0 Å². The predicted octanol–water partition coefficient (Wildman–Crippen LogP) is 4.52. The predicted molar refractivity (Wildman–Crippen MR) is 81.3 cm³/mol. The minimum absolute atomic E-state index is 0.0909. The average molecular weight is 361 g/mol. The Labute approximate surface area is 126 Å². The molecule has 98 valence electrons. The fourth-order valence-electron chi connectivity index (χ4n) is 1.25. The van der Waals surface area contributed by atoms with Crippen LogP contribution in [0.4, 0.5) is 10.7 Å². The van der Waals surface area contributed by atoms with Gasteiger partial charge >= 0.3 is 5.00 Å². The molecular formula is C11H7BrClN3O2S. The van der Waals surface area contributed by atoms with Gasteiger partial charge in [-0.25, -0.2) is 0 Å². The Kier molecular flexibility index (Phi) is 4.52. The number of thiophene rings is 1. The number of nitrogens with one attached hydrogen (secondary N) is 1. The quantitative estimate of drug-likeness (QED) is 0.495. The van der Waals surface area contributed by atoms with Crippen molar-refractivity contribution in [3.8, 4) is 0 Å². The highest BCUT2D eigenvalue weighted by atomic mass is 79.9. The van der Waals surface area contributed by atoms with E-state index in [1.54, 1.807) is 17.5 Å². The molecule has 0 radical (unpaired) electrons. The van der Waals surface area contributed by atoms with Crippen LogP contribution in [-0.2, 0) is 0 Å². The van der Waals surface area contributed by atoms with Gasteiger partial charge in [-0.05, 0) is 34.1 Å². The second kappa shape index (κ2) is 6.14. The van der Waals surface area contributed by atoms with Gasteiger partial charge in [0.1, 0.15) is 0 Å². The highest BCUT2D eigenvalue weighted by Crippen LogP contribution is 2.25. The molecule has 0 aliphatic heterocycles. The van der Waals surface area contributed by atoms with Crippen LogP contribution in [0.3, 0.4) is 0 Å². The first-order valence-corrected chi connectivity index (χ1v) is 7.08. The largest absolute Gasteiger partial charge is 0.324 e. The number of nitrogens with zero attached hydrogens (tertiary/aromatic N) is 2. The van der Waals surface area contributed by atoms with Gasteiger partial charge in [-0.1, -0.05) is 22.9 Å². The number of rotatable bonds is 4. The Hall–Kier alpha value is -1.44. The first kappa shape index (κ1) is 14.0. The molecule has 0 atom stereocenters. The van der Waals surface area contributed by atoms with E-state index in [1.807, 2.05) is 6.07 Å². The summed E-state index contributed by atoms with van der Waals surface area (Å²) < 4.78 is 0.803. The first-order chi connectivity index (χ1) is 9.06. The van der Waals surface area contributed by atoms with Gasteiger partial charge in [0.15, 0.2) is 0 Å². The van der Waals surface area contributed by atoms with E-state index in [9.17, 15) is 10.1 Å². The van der Waals surface area contributed by atoms with E-state index in [1.165, 1.54) is 12.3 Å². The molecule has 1 heterocycles. The lowest BCUT2D eigenvalue weighted by atomic mass is 10.3. The Balaban J connectivity index is 2.02. The number of hydrogen-bond acceptors (Lipinski definition) is 5. The van der Waals surface area contributed by atoms with Crippen LogP contribution in [0, 0.1) is 10.1 Å². The van der Waals surface area contributed by atoms with Crippen molar-refractivity contribution in [1.29, 1.82) is 0 Å². The lowest BCUT2D eigenvalue weighted by Gasteiger charge is -2.01. The molecule has 0 bridgehead atoms. The van der Waals surface area contributed by atoms with Gasteiger partial charge in [-0.3, -0.25) is 15.5 Å². The monoisotopic (exact) mass is 359 g/mol. The summed E-state index contributed by atoms with van der Waals surface area (Å²) in [5.74, 6) is 0.